The number of ether oxygens (including phenoxy) is 1. The summed E-state index contributed by atoms with van der Waals surface area (Å²) in [6, 6.07) is 11.0. The van der Waals surface area contributed by atoms with Crippen molar-refractivity contribution in [3.63, 3.8) is 0 Å². The molecule has 1 aliphatic rings. The monoisotopic (exact) mass is 510 g/mol. The van der Waals surface area contributed by atoms with Crippen LogP contribution < -0.4 is 5.32 Å². The maximum Gasteiger partial charge on any atom is 0.337 e. The van der Waals surface area contributed by atoms with E-state index in [2.05, 4.69) is 17.4 Å². The second kappa shape index (κ2) is 12.1. The molecule has 0 atom stereocenters. The summed E-state index contributed by atoms with van der Waals surface area (Å²) in [5, 5.41) is 3.03. The SMILES string of the molecule is COC(=O)c1ccc(/C=C2\SC(=S)N(CCCCCC(=O)Nc3c(C)cc(C)cc3C)C2=O)cc1. The number of carbonyl (C=O) groups excluding carboxylic acids is 3. The van der Waals surface area contributed by atoms with Gasteiger partial charge >= 0.3 is 5.97 Å². The molecule has 1 heterocycles. The lowest BCUT2D eigenvalue weighted by Crippen LogP contribution is -2.29. The van der Waals surface area contributed by atoms with Crippen LogP contribution in [0.2, 0.25) is 0 Å². The van der Waals surface area contributed by atoms with Crippen molar-refractivity contribution in [3.05, 3.63) is 69.1 Å². The van der Waals surface area contributed by atoms with Crippen molar-refractivity contribution in [1.82, 2.24) is 4.90 Å². The first-order valence-electron chi connectivity index (χ1n) is 11.5. The molecule has 1 aliphatic heterocycles. The van der Waals surface area contributed by atoms with Crippen LogP contribution in [0.4, 0.5) is 5.69 Å². The molecule has 1 N–H and O–H groups in total. The average Bonchev–Trinajstić information content (AvgIpc) is 3.08. The fraction of sp³-hybridized carbons (Fsp3) is 0.333. The zero-order chi connectivity index (χ0) is 25.5. The molecule has 0 spiro atoms. The Kier molecular flexibility index (Phi) is 9.23. The normalized spacial score (nSPS) is 14.5. The maximum atomic E-state index is 12.8. The molecule has 0 bridgehead atoms. The van der Waals surface area contributed by atoms with Crippen LogP contribution in [0.3, 0.4) is 0 Å². The summed E-state index contributed by atoms with van der Waals surface area (Å²) in [5.41, 5.74) is 5.47. The van der Waals surface area contributed by atoms with Crippen molar-refractivity contribution in [2.45, 2.75) is 46.5 Å². The van der Waals surface area contributed by atoms with Gasteiger partial charge in [-0.2, -0.15) is 0 Å². The Morgan fingerprint density at radius 3 is 2.34 bits per heavy atom. The summed E-state index contributed by atoms with van der Waals surface area (Å²) in [6.45, 7) is 6.58. The Balaban J connectivity index is 1.45. The van der Waals surface area contributed by atoms with Crippen LogP contribution in [-0.4, -0.2) is 40.7 Å². The lowest BCUT2D eigenvalue weighted by Gasteiger charge is -2.14. The van der Waals surface area contributed by atoms with Crippen LogP contribution in [0.25, 0.3) is 6.08 Å². The third-order valence-corrected chi connectivity index (χ3v) is 7.11. The molecule has 0 aliphatic carbocycles. The number of nitrogens with one attached hydrogen (secondary N) is 1. The van der Waals surface area contributed by atoms with E-state index in [1.54, 1.807) is 35.2 Å². The largest absolute Gasteiger partial charge is 0.465 e. The molecular formula is C27H30N2O4S2. The van der Waals surface area contributed by atoms with E-state index in [4.69, 9.17) is 17.0 Å². The molecular weight excluding hydrogens is 480 g/mol. The first-order chi connectivity index (χ1) is 16.7. The van der Waals surface area contributed by atoms with Crippen LogP contribution in [0.15, 0.2) is 41.3 Å². The number of hydrogen-bond donors (Lipinski definition) is 1. The number of carbonyl (C=O) groups is 3. The highest BCUT2D eigenvalue weighted by Gasteiger charge is 2.31. The Morgan fingerprint density at radius 2 is 1.71 bits per heavy atom. The lowest BCUT2D eigenvalue weighted by atomic mass is 10.0. The van der Waals surface area contributed by atoms with Gasteiger partial charge in [0.15, 0.2) is 0 Å². The standard InChI is InChI=1S/C27H30N2O4S2/c1-17-14-18(2)24(19(3)15-17)28-23(30)8-6-5-7-13-29-25(31)22(35-27(29)34)16-20-9-11-21(12-10-20)26(32)33-4/h9-12,14-16H,5-8,13H2,1-4H3,(H,28,30)/b22-16-. The zero-order valence-corrected chi connectivity index (χ0v) is 22.1. The molecule has 8 heteroatoms. The van der Waals surface area contributed by atoms with Crippen LogP contribution in [0, 0.1) is 20.8 Å². The molecule has 2 aromatic carbocycles. The van der Waals surface area contributed by atoms with Gasteiger partial charge in [-0.1, -0.05) is 60.2 Å². The maximum absolute atomic E-state index is 12.8. The Bertz CT molecular complexity index is 1150. The molecule has 6 nitrogen and oxygen atoms in total. The van der Waals surface area contributed by atoms with Crippen molar-refractivity contribution >= 4 is 57.8 Å². The number of nitrogens with zero attached hydrogens (tertiary/aromatic N) is 1. The topological polar surface area (TPSA) is 75.7 Å². The van der Waals surface area contributed by atoms with Gasteiger partial charge in [-0.15, -0.1) is 0 Å². The van der Waals surface area contributed by atoms with Crippen LogP contribution >= 0.6 is 24.0 Å². The quantitative estimate of drug-likeness (QED) is 0.199. The molecule has 3 rings (SSSR count). The highest BCUT2D eigenvalue weighted by Crippen LogP contribution is 2.33. The predicted octanol–water partition coefficient (Wildman–Crippen LogP) is 5.80. The molecule has 2 aromatic rings. The van der Waals surface area contributed by atoms with Crippen LogP contribution in [0.1, 0.15) is 58.3 Å². The Morgan fingerprint density at radius 1 is 1.06 bits per heavy atom. The van der Waals surface area contributed by atoms with Gasteiger partial charge in [0.2, 0.25) is 5.91 Å². The first kappa shape index (κ1) is 26.6. The number of hydrogen-bond acceptors (Lipinski definition) is 6. The van der Waals surface area contributed by atoms with E-state index >= 15 is 0 Å². The van der Waals surface area contributed by atoms with Crippen molar-refractivity contribution in [1.29, 1.82) is 0 Å². The summed E-state index contributed by atoms with van der Waals surface area (Å²) in [4.78, 5) is 38.9. The predicted molar refractivity (Wildman–Crippen MR) is 145 cm³/mol. The number of amides is 2. The third-order valence-electron chi connectivity index (χ3n) is 5.73. The summed E-state index contributed by atoms with van der Waals surface area (Å²) in [7, 11) is 1.34. The molecule has 2 amide bonds. The van der Waals surface area contributed by atoms with Crippen LogP contribution in [0.5, 0.6) is 0 Å². The average molecular weight is 511 g/mol. The van der Waals surface area contributed by atoms with E-state index in [9.17, 15) is 14.4 Å². The van der Waals surface area contributed by atoms with Gasteiger partial charge in [-0.3, -0.25) is 14.5 Å². The molecule has 0 saturated carbocycles. The van der Waals surface area contributed by atoms with Crippen molar-refractivity contribution < 1.29 is 19.1 Å². The van der Waals surface area contributed by atoms with Crippen molar-refractivity contribution in [2.75, 3.05) is 19.0 Å². The van der Waals surface area contributed by atoms with E-state index in [-0.39, 0.29) is 11.8 Å². The number of methoxy groups -OCH3 is 1. The number of esters is 1. The number of thioether (sulfide) groups is 1. The number of thiocarbonyl (C=S) groups is 1. The molecule has 0 aromatic heterocycles. The molecule has 184 valence electrons. The lowest BCUT2D eigenvalue weighted by molar-refractivity contribution is -0.122. The number of aryl methyl sites for hydroxylation is 3. The van der Waals surface area contributed by atoms with E-state index in [0.717, 1.165) is 41.6 Å². The summed E-state index contributed by atoms with van der Waals surface area (Å²) in [5.74, 6) is -0.507. The Hall–Kier alpha value is -2.97. The van der Waals surface area contributed by atoms with Gasteiger partial charge in [-0.25, -0.2) is 4.79 Å². The molecule has 1 fully saturated rings. The minimum absolute atomic E-state index is 0.00631. The minimum Gasteiger partial charge on any atom is -0.465 e. The van der Waals surface area contributed by atoms with E-state index in [1.165, 1.54) is 24.4 Å². The van der Waals surface area contributed by atoms with Gasteiger partial charge in [0.05, 0.1) is 17.6 Å². The van der Waals surface area contributed by atoms with Crippen molar-refractivity contribution in [3.8, 4) is 0 Å². The van der Waals surface area contributed by atoms with Crippen LogP contribution in [-0.2, 0) is 14.3 Å². The third kappa shape index (κ3) is 7.02. The molecule has 0 unspecified atom stereocenters. The van der Waals surface area contributed by atoms with Gasteiger partial charge in [0, 0.05) is 18.7 Å². The second-order valence-electron chi connectivity index (χ2n) is 8.58. The smallest absolute Gasteiger partial charge is 0.337 e. The van der Waals surface area contributed by atoms with Crippen molar-refractivity contribution in [2.24, 2.45) is 0 Å². The molecule has 0 radical (unpaired) electrons. The number of anilines is 1. The van der Waals surface area contributed by atoms with E-state index < -0.39 is 5.97 Å². The van der Waals surface area contributed by atoms with Gasteiger partial charge < -0.3 is 10.1 Å². The minimum atomic E-state index is -0.402. The Labute approximate surface area is 216 Å². The molecule has 35 heavy (non-hydrogen) atoms. The highest BCUT2D eigenvalue weighted by atomic mass is 32.2. The van der Waals surface area contributed by atoms with Gasteiger partial charge in [-0.05, 0) is 68.5 Å². The number of rotatable bonds is 9. The fourth-order valence-electron chi connectivity index (χ4n) is 3.99. The van der Waals surface area contributed by atoms with E-state index in [1.807, 2.05) is 20.8 Å². The summed E-state index contributed by atoms with van der Waals surface area (Å²) < 4.78 is 5.24. The van der Waals surface area contributed by atoms with E-state index in [0.29, 0.717) is 27.8 Å². The van der Waals surface area contributed by atoms with Gasteiger partial charge in [0.25, 0.3) is 5.91 Å². The summed E-state index contributed by atoms with van der Waals surface area (Å²) >= 11 is 6.69. The summed E-state index contributed by atoms with van der Waals surface area (Å²) in [6.07, 6.45) is 4.55. The number of benzene rings is 2. The first-order valence-corrected chi connectivity index (χ1v) is 12.7. The highest BCUT2D eigenvalue weighted by molar-refractivity contribution is 8.26. The fourth-order valence-corrected chi connectivity index (χ4v) is 5.30. The number of unbranched alkanes of at least 4 members (excludes halogenated alkanes) is 2. The second-order valence-corrected chi connectivity index (χ2v) is 10.3. The zero-order valence-electron chi connectivity index (χ0n) is 20.5. The van der Waals surface area contributed by atoms with Gasteiger partial charge in [0.1, 0.15) is 4.32 Å². The molecule has 1 saturated heterocycles.